The van der Waals surface area contributed by atoms with Gasteiger partial charge in [-0.05, 0) is 22.6 Å². The minimum absolute atomic E-state index is 0.852. The first-order valence-corrected chi connectivity index (χ1v) is 2.59. The Hall–Kier alpha value is -1.45. The summed E-state index contributed by atoms with van der Waals surface area (Å²) in [6.07, 6.45) is 0. The minimum atomic E-state index is 0.852. The summed E-state index contributed by atoms with van der Waals surface area (Å²) in [5.41, 5.74) is 1.77. The van der Waals surface area contributed by atoms with Crippen LogP contribution < -0.4 is 0 Å². The van der Waals surface area contributed by atoms with Crippen LogP contribution >= 0.6 is 0 Å². The van der Waals surface area contributed by atoms with E-state index in [-0.39, 0.29) is 0 Å². The van der Waals surface area contributed by atoms with Crippen molar-refractivity contribution in [2.45, 2.75) is 0 Å². The molecule has 0 saturated carbocycles. The zero-order valence-corrected chi connectivity index (χ0v) is 4.57. The van der Waals surface area contributed by atoms with Gasteiger partial charge in [0.1, 0.15) is 5.69 Å². The Morgan fingerprint density at radius 3 is 3.22 bits per heavy atom. The molecule has 1 aliphatic heterocycles. The van der Waals surface area contributed by atoms with Gasteiger partial charge in [-0.3, -0.25) is 5.10 Å². The quantitative estimate of drug-likeness (QED) is 0.544. The third-order valence-corrected chi connectivity index (χ3v) is 1.16. The second-order valence-corrected chi connectivity index (χ2v) is 1.73. The Labute approximate surface area is 51.2 Å². The molecule has 0 amide bonds. The maximum absolute atomic E-state index is 3.75. The third-order valence-electron chi connectivity index (χ3n) is 1.16. The van der Waals surface area contributed by atoms with Gasteiger partial charge in [0.15, 0.2) is 0 Å². The summed E-state index contributed by atoms with van der Waals surface area (Å²) >= 11 is 0. The van der Waals surface area contributed by atoms with Crippen molar-refractivity contribution in [1.82, 2.24) is 20.6 Å². The fourth-order valence-corrected chi connectivity index (χ4v) is 0.739. The lowest BCUT2D eigenvalue weighted by Crippen LogP contribution is -1.93. The van der Waals surface area contributed by atoms with E-state index in [1.54, 1.807) is 0 Å². The first kappa shape index (κ1) is 4.43. The van der Waals surface area contributed by atoms with Crippen LogP contribution in [0.15, 0.2) is 18.2 Å². The summed E-state index contributed by atoms with van der Waals surface area (Å²) < 4.78 is 0. The molecule has 1 heterocycles. The Morgan fingerprint density at radius 1 is 1.33 bits per heavy atom. The van der Waals surface area contributed by atoms with E-state index in [9.17, 15) is 0 Å². The fraction of sp³-hybridized carbons (Fsp3) is 0. The molecule has 4 nitrogen and oxygen atoms in total. The summed E-state index contributed by atoms with van der Waals surface area (Å²) in [6, 6.07) is 5.68. The predicted octanol–water partition coefficient (Wildman–Crippen LogP) is 0.304. The van der Waals surface area contributed by atoms with Crippen LogP contribution in [-0.4, -0.2) is 20.6 Å². The summed E-state index contributed by atoms with van der Waals surface area (Å²) in [7, 11) is 0. The zero-order chi connectivity index (χ0) is 6.10. The highest BCUT2D eigenvalue weighted by Gasteiger charge is 2.00. The highest BCUT2D eigenvalue weighted by atomic mass is 15.4. The zero-order valence-electron chi connectivity index (χ0n) is 4.57. The van der Waals surface area contributed by atoms with E-state index in [1.165, 1.54) is 0 Å². The average Bonchev–Trinajstić information content (AvgIpc) is 2.33. The number of aromatic amines is 1. The van der Waals surface area contributed by atoms with Gasteiger partial charge in [0.25, 0.3) is 0 Å². The van der Waals surface area contributed by atoms with Gasteiger partial charge in [0.2, 0.25) is 0 Å². The van der Waals surface area contributed by atoms with E-state index >= 15 is 0 Å². The lowest BCUT2D eigenvalue weighted by atomic mass is 10.4. The van der Waals surface area contributed by atoms with Crippen molar-refractivity contribution in [3.05, 3.63) is 18.2 Å². The lowest BCUT2D eigenvalue weighted by Gasteiger charge is -1.89. The molecule has 0 saturated heterocycles. The largest absolute Gasteiger partial charge is 0.256 e. The van der Waals surface area contributed by atoms with E-state index in [4.69, 9.17) is 0 Å². The SMILES string of the molecule is c1cc2nnn[nH]c-2c1. The smallest absolute Gasteiger partial charge is 0.113 e. The van der Waals surface area contributed by atoms with Crippen molar-refractivity contribution in [1.29, 1.82) is 0 Å². The number of nitrogens with one attached hydrogen (secondary N) is 1. The molecule has 0 unspecified atom stereocenters. The van der Waals surface area contributed by atoms with Gasteiger partial charge in [0, 0.05) is 0 Å². The summed E-state index contributed by atoms with van der Waals surface area (Å²) in [4.78, 5) is 0. The maximum atomic E-state index is 3.75. The van der Waals surface area contributed by atoms with Crippen LogP contribution in [0, 0.1) is 0 Å². The highest BCUT2D eigenvalue weighted by molar-refractivity contribution is 5.54. The number of rotatable bonds is 0. The molecule has 0 bridgehead atoms. The summed E-state index contributed by atoms with van der Waals surface area (Å²) in [5.74, 6) is 0. The molecular formula is C5H4N4. The van der Waals surface area contributed by atoms with Crippen molar-refractivity contribution in [2.75, 3.05) is 0 Å². The summed E-state index contributed by atoms with van der Waals surface area (Å²) in [5, 5.41) is 13.4. The molecule has 9 heavy (non-hydrogen) atoms. The maximum Gasteiger partial charge on any atom is 0.113 e. The molecule has 0 fully saturated rings. The van der Waals surface area contributed by atoms with E-state index in [2.05, 4.69) is 20.6 Å². The Kier molecular flexibility index (Phi) is 0.745. The van der Waals surface area contributed by atoms with Crippen molar-refractivity contribution >= 4 is 0 Å². The van der Waals surface area contributed by atoms with E-state index < -0.39 is 0 Å². The number of aromatic nitrogens is 4. The molecule has 0 aromatic rings. The molecule has 1 aliphatic carbocycles. The third kappa shape index (κ3) is 0.561. The molecule has 0 aromatic carbocycles. The number of nitrogens with zero attached hydrogens (tertiary/aromatic N) is 3. The number of H-pyrrole nitrogens is 1. The molecule has 0 aromatic heterocycles. The summed E-state index contributed by atoms with van der Waals surface area (Å²) in [6.45, 7) is 0. The van der Waals surface area contributed by atoms with Crippen LogP contribution in [0.25, 0.3) is 11.4 Å². The molecule has 0 spiro atoms. The van der Waals surface area contributed by atoms with E-state index in [0.717, 1.165) is 11.4 Å². The van der Waals surface area contributed by atoms with E-state index in [0.29, 0.717) is 0 Å². The second kappa shape index (κ2) is 1.51. The van der Waals surface area contributed by atoms with Crippen LogP contribution in [0.2, 0.25) is 0 Å². The Balaban J connectivity index is 2.79. The molecule has 1 N–H and O–H groups in total. The molecule has 2 rings (SSSR count). The molecule has 44 valence electrons. The van der Waals surface area contributed by atoms with Gasteiger partial charge in [-0.15, -0.1) is 5.10 Å². The first-order chi connectivity index (χ1) is 4.47. The van der Waals surface area contributed by atoms with E-state index in [1.807, 2.05) is 18.2 Å². The van der Waals surface area contributed by atoms with Crippen LogP contribution in [-0.2, 0) is 0 Å². The van der Waals surface area contributed by atoms with Crippen molar-refractivity contribution in [2.24, 2.45) is 0 Å². The predicted molar refractivity (Wildman–Crippen MR) is 30.8 cm³/mol. The molecule has 4 heteroatoms. The van der Waals surface area contributed by atoms with Gasteiger partial charge in [-0.2, -0.15) is 0 Å². The van der Waals surface area contributed by atoms with Crippen molar-refractivity contribution in [3.8, 4) is 11.4 Å². The number of hydrogen-bond donors (Lipinski definition) is 1. The van der Waals surface area contributed by atoms with Crippen LogP contribution in [0.3, 0.4) is 0 Å². The van der Waals surface area contributed by atoms with Gasteiger partial charge in [0.05, 0.1) is 5.69 Å². The average molecular weight is 120 g/mol. The van der Waals surface area contributed by atoms with Gasteiger partial charge in [-0.25, -0.2) is 0 Å². The Morgan fingerprint density at radius 2 is 2.33 bits per heavy atom. The standard InChI is InChI=1S/C5H4N4/c1-2-4-5(3-1)7-9-8-6-4/h1-3H,(H,6,9). The van der Waals surface area contributed by atoms with Crippen molar-refractivity contribution in [3.63, 3.8) is 0 Å². The van der Waals surface area contributed by atoms with Gasteiger partial charge >= 0.3 is 0 Å². The molecule has 0 atom stereocenters. The Bertz CT molecular complexity index is 249. The van der Waals surface area contributed by atoms with Gasteiger partial charge < -0.3 is 0 Å². The number of fused-ring (bicyclic) bond motifs is 1. The molecule has 2 aliphatic rings. The van der Waals surface area contributed by atoms with Crippen LogP contribution in [0.1, 0.15) is 0 Å². The highest BCUT2D eigenvalue weighted by Crippen LogP contribution is 2.12. The van der Waals surface area contributed by atoms with Gasteiger partial charge in [-0.1, -0.05) is 6.07 Å². The number of hydrogen-bond acceptors (Lipinski definition) is 3. The topological polar surface area (TPSA) is 54.5 Å². The monoisotopic (exact) mass is 120 g/mol. The minimum Gasteiger partial charge on any atom is -0.256 e. The normalized spacial score (nSPS) is 10.2. The van der Waals surface area contributed by atoms with Crippen molar-refractivity contribution < 1.29 is 0 Å². The second-order valence-electron chi connectivity index (χ2n) is 1.73. The molecular weight excluding hydrogens is 116 g/mol. The fourth-order valence-electron chi connectivity index (χ4n) is 0.739. The molecule has 0 radical (unpaired) electrons. The lowest BCUT2D eigenvalue weighted by molar-refractivity contribution is 0.769. The van der Waals surface area contributed by atoms with Crippen LogP contribution in [0.4, 0.5) is 0 Å². The first-order valence-electron chi connectivity index (χ1n) is 2.59. The van der Waals surface area contributed by atoms with Crippen LogP contribution in [0.5, 0.6) is 0 Å².